The molecule has 0 spiro atoms. The number of hydrazone groups is 1. The number of hydrogen-bond donors (Lipinski definition) is 2. The van der Waals surface area contributed by atoms with Crippen molar-refractivity contribution in [2.24, 2.45) is 5.10 Å². The topological polar surface area (TPSA) is 136 Å². The smallest absolute Gasteiger partial charge is 0.490 e. The van der Waals surface area contributed by atoms with Gasteiger partial charge in [0.05, 0.1) is 17.8 Å². The molecule has 10 nitrogen and oxygen atoms in total. The molecule has 11 heteroatoms. The molecule has 1 amide bonds. The van der Waals surface area contributed by atoms with E-state index in [0.717, 1.165) is 0 Å². The summed E-state index contributed by atoms with van der Waals surface area (Å²) in [6.07, 6.45) is 1.18. The molecule has 2 aromatic rings. The summed E-state index contributed by atoms with van der Waals surface area (Å²) in [6.45, 7) is 1.70. The first kappa shape index (κ1) is 16.4. The molecule has 1 heterocycles. The van der Waals surface area contributed by atoms with E-state index in [1.807, 2.05) is 0 Å². The molecule has 0 saturated carbocycles. The largest absolute Gasteiger partial charge is 0.507 e. The summed E-state index contributed by atoms with van der Waals surface area (Å²) in [5.74, 6) is -1.41. The maximum Gasteiger partial charge on any atom is 0.490 e. The van der Waals surface area contributed by atoms with Crippen molar-refractivity contribution < 1.29 is 14.8 Å². The lowest BCUT2D eigenvalue weighted by molar-refractivity contribution is -0.394. The monoisotopic (exact) mass is 338 g/mol. The molecule has 0 saturated heterocycles. The molecule has 0 aliphatic heterocycles. The molecule has 120 valence electrons. The predicted molar refractivity (Wildman–Crippen MR) is 80.4 cm³/mol. The van der Waals surface area contributed by atoms with Crippen molar-refractivity contribution in [1.29, 1.82) is 0 Å². The molecule has 0 atom stereocenters. The van der Waals surface area contributed by atoms with Crippen LogP contribution in [-0.4, -0.2) is 36.4 Å². The number of benzene rings is 1. The molecule has 0 radical (unpaired) electrons. The van der Waals surface area contributed by atoms with Crippen LogP contribution < -0.4 is 5.43 Å². The first-order chi connectivity index (χ1) is 10.9. The van der Waals surface area contributed by atoms with Gasteiger partial charge >= 0.3 is 5.95 Å². The van der Waals surface area contributed by atoms with Gasteiger partial charge in [-0.3, -0.25) is 4.79 Å². The number of halogens is 1. The lowest BCUT2D eigenvalue weighted by Crippen LogP contribution is -2.20. The van der Waals surface area contributed by atoms with E-state index in [1.165, 1.54) is 29.2 Å². The zero-order valence-corrected chi connectivity index (χ0v) is 12.6. The SMILES string of the molecule is C/C(Cn1cnc([N+](=O)[O-])n1)=N/NC(=O)c1ccc(Cl)cc1O. The summed E-state index contributed by atoms with van der Waals surface area (Å²) in [6, 6.07) is 4.06. The van der Waals surface area contributed by atoms with Crippen molar-refractivity contribution in [2.45, 2.75) is 13.5 Å². The minimum atomic E-state index is -0.714. The van der Waals surface area contributed by atoms with Gasteiger partial charge in [-0.2, -0.15) is 9.78 Å². The number of amides is 1. The fraction of sp³-hybridized carbons (Fsp3) is 0.167. The molecule has 23 heavy (non-hydrogen) atoms. The van der Waals surface area contributed by atoms with Gasteiger partial charge in [-0.25, -0.2) is 5.43 Å². The van der Waals surface area contributed by atoms with Gasteiger partial charge < -0.3 is 15.2 Å². The Morgan fingerprint density at radius 2 is 2.30 bits per heavy atom. The van der Waals surface area contributed by atoms with E-state index in [1.54, 1.807) is 6.92 Å². The molecule has 2 N–H and O–H groups in total. The van der Waals surface area contributed by atoms with Crippen molar-refractivity contribution in [3.63, 3.8) is 0 Å². The van der Waals surface area contributed by atoms with Crippen molar-refractivity contribution in [3.8, 4) is 5.75 Å². The number of phenols is 1. The second-order valence-electron chi connectivity index (χ2n) is 4.45. The Bertz CT molecular complexity index is 788. The normalized spacial score (nSPS) is 11.3. The van der Waals surface area contributed by atoms with Gasteiger partial charge in [-0.15, -0.1) is 0 Å². The van der Waals surface area contributed by atoms with E-state index in [-0.39, 0.29) is 17.9 Å². The highest BCUT2D eigenvalue weighted by atomic mass is 35.5. The summed E-state index contributed by atoms with van der Waals surface area (Å²) in [5.41, 5.74) is 2.70. The van der Waals surface area contributed by atoms with E-state index in [4.69, 9.17) is 11.6 Å². The van der Waals surface area contributed by atoms with E-state index in [2.05, 4.69) is 20.6 Å². The van der Waals surface area contributed by atoms with Gasteiger partial charge in [-0.1, -0.05) is 16.6 Å². The van der Waals surface area contributed by atoms with Gasteiger partial charge in [0.1, 0.15) is 5.75 Å². The van der Waals surface area contributed by atoms with Crippen LogP contribution in [0.4, 0.5) is 5.95 Å². The van der Waals surface area contributed by atoms with Gasteiger partial charge in [0.2, 0.25) is 6.33 Å². The van der Waals surface area contributed by atoms with Crippen LogP contribution >= 0.6 is 11.6 Å². The number of nitro groups is 1. The molecule has 2 rings (SSSR count). The number of phenolic OH excluding ortho intramolecular Hbond substituents is 1. The minimum Gasteiger partial charge on any atom is -0.507 e. The van der Waals surface area contributed by atoms with E-state index in [0.29, 0.717) is 10.7 Å². The molecule has 0 aliphatic rings. The van der Waals surface area contributed by atoms with Crippen molar-refractivity contribution in [3.05, 3.63) is 45.2 Å². The summed E-state index contributed by atoms with van der Waals surface area (Å²) < 4.78 is 1.21. The number of nitrogens with one attached hydrogen (secondary N) is 1. The van der Waals surface area contributed by atoms with Crippen LogP contribution in [0.1, 0.15) is 17.3 Å². The van der Waals surface area contributed by atoms with Crippen LogP contribution in [0.3, 0.4) is 0 Å². The predicted octanol–water partition coefficient (Wildman–Crippen LogP) is 1.35. The van der Waals surface area contributed by atoms with Gasteiger partial charge in [0, 0.05) is 10.1 Å². The molecule has 0 bridgehead atoms. The van der Waals surface area contributed by atoms with Crippen LogP contribution in [0.5, 0.6) is 5.75 Å². The minimum absolute atomic E-state index is 0.0161. The maximum absolute atomic E-state index is 11.9. The summed E-state index contributed by atoms with van der Waals surface area (Å²) >= 11 is 5.68. The summed E-state index contributed by atoms with van der Waals surface area (Å²) in [4.78, 5) is 25.1. The van der Waals surface area contributed by atoms with Crippen molar-refractivity contribution in [1.82, 2.24) is 20.2 Å². The average molecular weight is 339 g/mol. The van der Waals surface area contributed by atoms with Crippen LogP contribution in [0.2, 0.25) is 5.02 Å². The fourth-order valence-electron chi connectivity index (χ4n) is 1.62. The third kappa shape index (κ3) is 4.23. The average Bonchev–Trinajstić information content (AvgIpc) is 2.93. The summed E-state index contributed by atoms with van der Waals surface area (Å²) in [7, 11) is 0. The Labute approximate surface area is 134 Å². The van der Waals surface area contributed by atoms with Crippen molar-refractivity contribution >= 4 is 29.2 Å². The number of rotatable bonds is 5. The number of aromatic hydroxyl groups is 1. The highest BCUT2D eigenvalue weighted by molar-refractivity contribution is 6.30. The fourth-order valence-corrected chi connectivity index (χ4v) is 1.78. The third-order valence-corrected chi connectivity index (χ3v) is 2.87. The Morgan fingerprint density at radius 3 is 2.91 bits per heavy atom. The van der Waals surface area contributed by atoms with Crippen LogP contribution in [-0.2, 0) is 6.54 Å². The number of nitrogens with zero attached hydrogens (tertiary/aromatic N) is 5. The molecule has 0 unspecified atom stereocenters. The quantitative estimate of drug-likeness (QED) is 0.480. The van der Waals surface area contributed by atoms with Crippen molar-refractivity contribution in [2.75, 3.05) is 0 Å². The Hall–Kier alpha value is -3.01. The lowest BCUT2D eigenvalue weighted by atomic mass is 10.2. The maximum atomic E-state index is 11.9. The molecular weight excluding hydrogens is 328 g/mol. The Morgan fingerprint density at radius 1 is 1.57 bits per heavy atom. The van der Waals surface area contributed by atoms with Gasteiger partial charge in [-0.05, 0) is 30.0 Å². The number of aromatic nitrogens is 3. The second kappa shape index (κ2) is 6.83. The zero-order chi connectivity index (χ0) is 17.0. The van der Waals surface area contributed by atoms with Crippen LogP contribution in [0, 0.1) is 10.1 Å². The molecule has 1 aromatic carbocycles. The summed E-state index contributed by atoms with van der Waals surface area (Å²) in [5, 5.41) is 27.9. The Kier molecular flexibility index (Phi) is 4.86. The zero-order valence-electron chi connectivity index (χ0n) is 11.8. The third-order valence-electron chi connectivity index (χ3n) is 2.63. The number of carbonyl (C=O) groups excluding carboxylic acids is 1. The second-order valence-corrected chi connectivity index (χ2v) is 4.89. The molecular formula is C12H11ClN6O4. The molecule has 0 aliphatic carbocycles. The van der Waals surface area contributed by atoms with Crippen LogP contribution in [0.25, 0.3) is 0 Å². The van der Waals surface area contributed by atoms with Gasteiger partial charge in [0.25, 0.3) is 5.91 Å². The first-order valence-electron chi connectivity index (χ1n) is 6.22. The standard InChI is InChI=1S/C12H11ClN6O4/c1-7(5-18-6-14-12(17-18)19(22)23)15-16-11(21)9-3-2-8(13)4-10(9)20/h2-4,6,20H,5H2,1H3,(H,16,21)/b15-7-. The number of carbonyl (C=O) groups is 1. The number of hydrogen-bond acceptors (Lipinski definition) is 7. The molecule has 0 fully saturated rings. The molecule has 1 aromatic heterocycles. The Balaban J connectivity index is 2.00. The first-order valence-corrected chi connectivity index (χ1v) is 6.60. The lowest BCUT2D eigenvalue weighted by Gasteiger charge is -2.04. The van der Waals surface area contributed by atoms with Gasteiger partial charge in [0.15, 0.2) is 0 Å². The highest BCUT2D eigenvalue weighted by Gasteiger charge is 2.14. The van der Waals surface area contributed by atoms with E-state index < -0.39 is 16.8 Å². The van der Waals surface area contributed by atoms with Crippen LogP contribution in [0.15, 0.2) is 29.6 Å². The van der Waals surface area contributed by atoms with E-state index in [9.17, 15) is 20.0 Å². The highest BCUT2D eigenvalue weighted by Crippen LogP contribution is 2.21. The van der Waals surface area contributed by atoms with E-state index >= 15 is 0 Å².